The van der Waals surface area contributed by atoms with Gasteiger partial charge in [-0.25, -0.2) is 0 Å². The van der Waals surface area contributed by atoms with Crippen molar-refractivity contribution in [3.05, 3.63) is 35.9 Å². The van der Waals surface area contributed by atoms with Gasteiger partial charge in [-0.05, 0) is 11.0 Å². The molecule has 0 N–H and O–H groups in total. The summed E-state index contributed by atoms with van der Waals surface area (Å²) in [6, 6.07) is 9.77. The number of hydrogen-bond donors (Lipinski definition) is 0. The second-order valence-corrected chi connectivity index (χ2v) is 5.43. The summed E-state index contributed by atoms with van der Waals surface area (Å²) >= 11 is 0. The summed E-state index contributed by atoms with van der Waals surface area (Å²) in [5, 5.41) is 0. The average Bonchev–Trinajstić information content (AvgIpc) is 2.34. The van der Waals surface area contributed by atoms with E-state index in [-0.39, 0.29) is 23.4 Å². The lowest BCUT2D eigenvalue weighted by Crippen LogP contribution is -2.35. The first-order valence-electron chi connectivity index (χ1n) is 6.07. The summed E-state index contributed by atoms with van der Waals surface area (Å²) in [5.41, 5.74) is 0.759. The van der Waals surface area contributed by atoms with Crippen LogP contribution in [0.4, 0.5) is 0 Å². The van der Waals surface area contributed by atoms with Gasteiger partial charge in [0, 0.05) is 7.11 Å². The SMILES string of the molecule is COC(=O)[C@H]([C@@H](OC)c1ccccc1)C(C)(C)C. The van der Waals surface area contributed by atoms with E-state index in [2.05, 4.69) is 0 Å². The topological polar surface area (TPSA) is 35.5 Å². The molecule has 0 aliphatic heterocycles. The zero-order valence-corrected chi connectivity index (χ0v) is 11.8. The molecule has 100 valence electrons. The quantitative estimate of drug-likeness (QED) is 0.770. The third-order valence-corrected chi connectivity index (χ3v) is 3.07. The van der Waals surface area contributed by atoms with Crippen molar-refractivity contribution in [2.45, 2.75) is 26.9 Å². The van der Waals surface area contributed by atoms with Crippen molar-refractivity contribution in [3.63, 3.8) is 0 Å². The summed E-state index contributed by atoms with van der Waals surface area (Å²) in [5.74, 6) is -0.576. The molecule has 0 aromatic heterocycles. The third-order valence-electron chi connectivity index (χ3n) is 3.07. The molecule has 0 bridgehead atoms. The molecule has 0 aliphatic rings. The van der Waals surface area contributed by atoms with Gasteiger partial charge in [0.2, 0.25) is 0 Å². The molecule has 0 saturated carbocycles. The van der Waals surface area contributed by atoms with Crippen LogP contribution in [0.2, 0.25) is 0 Å². The van der Waals surface area contributed by atoms with E-state index in [1.807, 2.05) is 51.1 Å². The highest BCUT2D eigenvalue weighted by Crippen LogP contribution is 2.39. The molecule has 1 aromatic carbocycles. The lowest BCUT2D eigenvalue weighted by atomic mass is 9.75. The Morgan fingerprint density at radius 1 is 1.11 bits per heavy atom. The van der Waals surface area contributed by atoms with E-state index >= 15 is 0 Å². The summed E-state index contributed by atoms with van der Waals surface area (Å²) in [4.78, 5) is 12.0. The van der Waals surface area contributed by atoms with E-state index < -0.39 is 0 Å². The minimum absolute atomic E-state index is 0.233. The van der Waals surface area contributed by atoms with Gasteiger partial charge in [-0.2, -0.15) is 0 Å². The molecule has 1 aromatic rings. The second-order valence-electron chi connectivity index (χ2n) is 5.43. The molecule has 18 heavy (non-hydrogen) atoms. The van der Waals surface area contributed by atoms with Gasteiger partial charge < -0.3 is 9.47 Å². The summed E-state index contributed by atoms with van der Waals surface area (Å²) in [6.45, 7) is 6.05. The summed E-state index contributed by atoms with van der Waals surface area (Å²) in [6.07, 6.45) is -0.293. The lowest BCUT2D eigenvalue weighted by molar-refractivity contribution is -0.156. The van der Waals surface area contributed by atoms with Gasteiger partial charge in [0.05, 0.1) is 19.1 Å². The van der Waals surface area contributed by atoms with E-state index in [0.29, 0.717) is 0 Å². The maximum Gasteiger partial charge on any atom is 0.312 e. The Kier molecular flexibility index (Phi) is 4.91. The maximum absolute atomic E-state index is 12.0. The van der Waals surface area contributed by atoms with Crippen LogP contribution in [-0.4, -0.2) is 20.2 Å². The molecule has 0 saturated heterocycles. The molecule has 3 heteroatoms. The molecule has 0 aliphatic carbocycles. The van der Waals surface area contributed by atoms with Crippen LogP contribution in [0.3, 0.4) is 0 Å². The van der Waals surface area contributed by atoms with Crippen LogP contribution < -0.4 is 0 Å². The predicted octanol–water partition coefficient (Wildman–Crippen LogP) is 3.21. The van der Waals surface area contributed by atoms with Gasteiger partial charge in [-0.15, -0.1) is 0 Å². The first-order chi connectivity index (χ1) is 8.41. The number of rotatable bonds is 4. The monoisotopic (exact) mass is 250 g/mol. The molecule has 2 atom stereocenters. The first-order valence-corrected chi connectivity index (χ1v) is 6.07. The summed E-state index contributed by atoms with van der Waals surface area (Å²) < 4.78 is 10.5. The molecular formula is C15H22O3. The average molecular weight is 250 g/mol. The fraction of sp³-hybridized carbons (Fsp3) is 0.533. The number of ether oxygens (including phenoxy) is 2. The van der Waals surface area contributed by atoms with Crippen LogP contribution >= 0.6 is 0 Å². The summed E-state index contributed by atoms with van der Waals surface area (Å²) in [7, 11) is 3.04. The fourth-order valence-corrected chi connectivity index (χ4v) is 2.17. The van der Waals surface area contributed by atoms with Gasteiger partial charge in [-0.1, -0.05) is 51.1 Å². The van der Waals surface area contributed by atoms with Crippen molar-refractivity contribution in [2.24, 2.45) is 11.3 Å². The van der Waals surface area contributed by atoms with Crippen LogP contribution in [0.15, 0.2) is 30.3 Å². The smallest absolute Gasteiger partial charge is 0.312 e. The van der Waals surface area contributed by atoms with Gasteiger partial charge in [-0.3, -0.25) is 4.79 Å². The van der Waals surface area contributed by atoms with Crippen LogP contribution in [0.1, 0.15) is 32.4 Å². The highest BCUT2D eigenvalue weighted by atomic mass is 16.5. The number of carbonyl (C=O) groups excluding carboxylic acids is 1. The van der Waals surface area contributed by atoms with E-state index in [4.69, 9.17) is 9.47 Å². The lowest BCUT2D eigenvalue weighted by Gasteiger charge is -2.34. The van der Waals surface area contributed by atoms with E-state index in [9.17, 15) is 4.79 Å². The molecule has 0 heterocycles. The Morgan fingerprint density at radius 2 is 1.67 bits per heavy atom. The van der Waals surface area contributed by atoms with Crippen LogP contribution in [0.25, 0.3) is 0 Å². The van der Waals surface area contributed by atoms with E-state index in [1.54, 1.807) is 7.11 Å². The molecule has 3 nitrogen and oxygen atoms in total. The van der Waals surface area contributed by atoms with Gasteiger partial charge >= 0.3 is 5.97 Å². The van der Waals surface area contributed by atoms with Crippen molar-refractivity contribution < 1.29 is 14.3 Å². The zero-order valence-electron chi connectivity index (χ0n) is 11.8. The van der Waals surface area contributed by atoms with Crippen LogP contribution in [-0.2, 0) is 14.3 Å². The number of carbonyl (C=O) groups is 1. The number of hydrogen-bond acceptors (Lipinski definition) is 3. The third kappa shape index (κ3) is 3.33. The highest BCUT2D eigenvalue weighted by molar-refractivity contribution is 5.74. The zero-order chi connectivity index (χ0) is 13.8. The van der Waals surface area contributed by atoms with Crippen molar-refractivity contribution in [1.29, 1.82) is 0 Å². The Balaban J connectivity index is 3.14. The molecule has 0 amide bonds. The Labute approximate surface area is 109 Å². The van der Waals surface area contributed by atoms with Gasteiger partial charge in [0.25, 0.3) is 0 Å². The van der Waals surface area contributed by atoms with E-state index in [0.717, 1.165) is 5.56 Å². The Bertz CT molecular complexity index is 378. The molecule has 0 fully saturated rings. The maximum atomic E-state index is 12.0. The van der Waals surface area contributed by atoms with Crippen molar-refractivity contribution >= 4 is 5.97 Å². The molecule has 0 unspecified atom stereocenters. The van der Waals surface area contributed by atoms with Crippen molar-refractivity contribution in [1.82, 2.24) is 0 Å². The largest absolute Gasteiger partial charge is 0.469 e. The van der Waals surface area contributed by atoms with Crippen LogP contribution in [0.5, 0.6) is 0 Å². The Hall–Kier alpha value is -1.35. The number of benzene rings is 1. The number of esters is 1. The Morgan fingerprint density at radius 3 is 2.06 bits per heavy atom. The molecule has 0 spiro atoms. The minimum atomic E-state index is -0.338. The normalized spacial score (nSPS) is 14.9. The predicted molar refractivity (Wildman–Crippen MR) is 71.2 cm³/mol. The van der Waals surface area contributed by atoms with Crippen LogP contribution in [0, 0.1) is 11.3 Å². The molecule has 1 rings (SSSR count). The van der Waals surface area contributed by atoms with Crippen molar-refractivity contribution in [3.8, 4) is 0 Å². The standard InChI is InChI=1S/C15H22O3/c1-15(2,3)12(14(16)18-5)13(17-4)11-9-7-6-8-10-11/h6-10,12-13H,1-5H3/t12-,13-/m0/s1. The van der Waals surface area contributed by atoms with E-state index in [1.165, 1.54) is 7.11 Å². The highest BCUT2D eigenvalue weighted by Gasteiger charge is 2.39. The van der Waals surface area contributed by atoms with Gasteiger partial charge in [0.15, 0.2) is 0 Å². The van der Waals surface area contributed by atoms with Crippen molar-refractivity contribution in [2.75, 3.05) is 14.2 Å². The number of methoxy groups -OCH3 is 2. The molecule has 0 radical (unpaired) electrons. The minimum Gasteiger partial charge on any atom is -0.469 e. The fourth-order valence-electron chi connectivity index (χ4n) is 2.17. The van der Waals surface area contributed by atoms with Gasteiger partial charge in [0.1, 0.15) is 0 Å². The second kappa shape index (κ2) is 6.01. The molecular weight excluding hydrogens is 228 g/mol. The first kappa shape index (κ1) is 14.7.